The number of benzene rings is 3. The molecule has 1 heterocycles. The lowest BCUT2D eigenvalue weighted by Crippen LogP contribution is -2.65. The summed E-state index contributed by atoms with van der Waals surface area (Å²) in [6.07, 6.45) is -0.443. The van der Waals surface area contributed by atoms with Crippen LogP contribution in [0.5, 0.6) is 0 Å². The molecule has 0 spiro atoms. The van der Waals surface area contributed by atoms with Gasteiger partial charge in [-0.25, -0.2) is 9.59 Å². The molecule has 0 radical (unpaired) electrons. The van der Waals surface area contributed by atoms with Gasteiger partial charge in [0.15, 0.2) is 11.6 Å². The van der Waals surface area contributed by atoms with Gasteiger partial charge in [-0.1, -0.05) is 97.1 Å². The number of hydrogen-bond acceptors (Lipinski definition) is 4. The highest BCUT2D eigenvalue weighted by Crippen LogP contribution is 2.47. The van der Waals surface area contributed by atoms with E-state index in [2.05, 4.69) is 6.58 Å². The number of morpholine rings is 1. The van der Waals surface area contributed by atoms with Crippen LogP contribution in [0, 0.1) is 0 Å². The van der Waals surface area contributed by atoms with Crippen molar-refractivity contribution in [1.82, 2.24) is 4.90 Å². The third-order valence-electron chi connectivity index (χ3n) is 6.05. The zero-order valence-corrected chi connectivity index (χ0v) is 18.7. The van der Waals surface area contributed by atoms with E-state index in [-0.39, 0.29) is 19.6 Å². The summed E-state index contributed by atoms with van der Waals surface area (Å²) in [5.41, 5.74) is 0.786. The van der Waals surface area contributed by atoms with E-state index in [1.165, 1.54) is 11.0 Å². The second kappa shape index (κ2) is 10.4. The van der Waals surface area contributed by atoms with Gasteiger partial charge in [0.05, 0.1) is 13.2 Å². The third-order valence-corrected chi connectivity index (χ3v) is 6.05. The Bertz CT molecular complexity index is 1120. The van der Waals surface area contributed by atoms with E-state index in [4.69, 9.17) is 9.47 Å². The number of amides is 1. The molecule has 174 valence electrons. The summed E-state index contributed by atoms with van der Waals surface area (Å²) in [6.45, 7) is 3.86. The summed E-state index contributed by atoms with van der Waals surface area (Å²) in [7, 11) is 0. The predicted octanol–water partition coefficient (Wildman–Crippen LogP) is 5.54. The topological polar surface area (TPSA) is 76.1 Å². The SMILES string of the molecule is C=CC[C@]1(COCc2ccccc2)C(=O)O[C@H](c2ccccc2)[C@H](c2ccccc2)N1C(=O)O. The molecule has 1 saturated heterocycles. The summed E-state index contributed by atoms with van der Waals surface area (Å²) in [5.74, 6) is -0.649. The van der Waals surface area contributed by atoms with Crippen molar-refractivity contribution in [3.05, 3.63) is 120 Å². The third kappa shape index (κ3) is 4.58. The molecule has 0 saturated carbocycles. The average molecular weight is 458 g/mol. The van der Waals surface area contributed by atoms with E-state index in [9.17, 15) is 14.7 Å². The van der Waals surface area contributed by atoms with Crippen LogP contribution in [0.1, 0.15) is 35.3 Å². The Balaban J connectivity index is 1.77. The van der Waals surface area contributed by atoms with Crippen LogP contribution in [0.3, 0.4) is 0 Å². The van der Waals surface area contributed by atoms with E-state index in [1.54, 1.807) is 0 Å². The minimum Gasteiger partial charge on any atom is -0.465 e. The summed E-state index contributed by atoms with van der Waals surface area (Å²) in [5, 5.41) is 10.5. The lowest BCUT2D eigenvalue weighted by Gasteiger charge is -2.50. The van der Waals surface area contributed by atoms with E-state index < -0.39 is 29.7 Å². The summed E-state index contributed by atoms with van der Waals surface area (Å²) >= 11 is 0. The fourth-order valence-corrected chi connectivity index (χ4v) is 4.48. The lowest BCUT2D eigenvalue weighted by atomic mass is 9.84. The molecule has 0 aliphatic carbocycles. The molecule has 1 aliphatic heterocycles. The Morgan fingerprint density at radius 3 is 2.09 bits per heavy atom. The Hall–Kier alpha value is -3.90. The number of carbonyl (C=O) groups excluding carboxylic acids is 1. The van der Waals surface area contributed by atoms with Crippen LogP contribution in [-0.2, 0) is 20.9 Å². The zero-order chi connectivity index (χ0) is 24.0. The highest BCUT2D eigenvalue weighted by atomic mass is 16.6. The van der Waals surface area contributed by atoms with Gasteiger partial charge in [0.1, 0.15) is 6.04 Å². The molecule has 0 aromatic heterocycles. The first-order valence-electron chi connectivity index (χ1n) is 11.1. The van der Waals surface area contributed by atoms with Gasteiger partial charge in [0.2, 0.25) is 0 Å². The van der Waals surface area contributed by atoms with E-state index in [1.807, 2.05) is 91.0 Å². The molecule has 34 heavy (non-hydrogen) atoms. The van der Waals surface area contributed by atoms with E-state index in [0.717, 1.165) is 11.1 Å². The summed E-state index contributed by atoms with van der Waals surface area (Å²) in [6, 6.07) is 27.2. The highest BCUT2D eigenvalue weighted by molar-refractivity contribution is 5.87. The number of nitrogens with zero attached hydrogens (tertiary/aromatic N) is 1. The number of rotatable bonds is 8. The van der Waals surface area contributed by atoms with Crippen LogP contribution in [0.4, 0.5) is 4.79 Å². The first kappa shape index (κ1) is 23.3. The van der Waals surface area contributed by atoms with Crippen molar-refractivity contribution in [1.29, 1.82) is 0 Å². The molecular formula is C28H27NO5. The molecule has 4 rings (SSSR count). The molecule has 1 aliphatic rings. The van der Waals surface area contributed by atoms with Gasteiger partial charge < -0.3 is 14.6 Å². The van der Waals surface area contributed by atoms with Crippen LogP contribution in [0.2, 0.25) is 0 Å². The largest absolute Gasteiger partial charge is 0.465 e. The summed E-state index contributed by atoms with van der Waals surface area (Å²) < 4.78 is 12.0. The number of hydrogen-bond donors (Lipinski definition) is 1. The van der Waals surface area contributed by atoms with Crippen molar-refractivity contribution in [2.75, 3.05) is 6.61 Å². The van der Waals surface area contributed by atoms with Gasteiger partial charge >= 0.3 is 12.1 Å². The molecule has 1 N–H and O–H groups in total. The molecule has 3 aromatic carbocycles. The van der Waals surface area contributed by atoms with Crippen molar-refractivity contribution >= 4 is 12.1 Å². The number of esters is 1. The quantitative estimate of drug-likeness (QED) is 0.355. The molecule has 0 unspecified atom stereocenters. The minimum atomic E-state index is -1.58. The Kier molecular flexibility index (Phi) is 7.09. The predicted molar refractivity (Wildman–Crippen MR) is 128 cm³/mol. The van der Waals surface area contributed by atoms with Gasteiger partial charge in [0, 0.05) is 6.42 Å². The van der Waals surface area contributed by atoms with Crippen molar-refractivity contribution in [3.63, 3.8) is 0 Å². The maximum atomic E-state index is 13.6. The van der Waals surface area contributed by atoms with Crippen molar-refractivity contribution in [2.24, 2.45) is 0 Å². The van der Waals surface area contributed by atoms with Crippen molar-refractivity contribution in [2.45, 2.75) is 30.7 Å². The normalized spacial score (nSPS) is 22.1. The molecule has 3 atom stereocenters. The first-order chi connectivity index (χ1) is 16.6. The number of carbonyl (C=O) groups is 2. The van der Waals surface area contributed by atoms with Crippen molar-refractivity contribution in [3.8, 4) is 0 Å². The first-order valence-corrected chi connectivity index (χ1v) is 11.1. The second-order valence-electron chi connectivity index (χ2n) is 8.25. The average Bonchev–Trinajstić information content (AvgIpc) is 2.87. The Morgan fingerprint density at radius 2 is 1.53 bits per heavy atom. The van der Waals surface area contributed by atoms with E-state index in [0.29, 0.717) is 5.56 Å². The fourth-order valence-electron chi connectivity index (χ4n) is 4.48. The van der Waals surface area contributed by atoms with Crippen LogP contribution in [0.25, 0.3) is 0 Å². The molecule has 1 fully saturated rings. The van der Waals surface area contributed by atoms with Gasteiger partial charge in [-0.05, 0) is 16.7 Å². The molecule has 3 aromatic rings. The van der Waals surface area contributed by atoms with Gasteiger partial charge in [-0.2, -0.15) is 0 Å². The number of carboxylic acid groups (broad SMARTS) is 1. The molecular weight excluding hydrogens is 430 g/mol. The fraction of sp³-hybridized carbons (Fsp3) is 0.214. The monoisotopic (exact) mass is 457 g/mol. The summed E-state index contributed by atoms with van der Waals surface area (Å²) in [4.78, 5) is 27.6. The highest BCUT2D eigenvalue weighted by Gasteiger charge is 2.57. The Morgan fingerprint density at radius 1 is 0.971 bits per heavy atom. The lowest BCUT2D eigenvalue weighted by molar-refractivity contribution is -0.192. The maximum absolute atomic E-state index is 13.6. The standard InChI is InChI=1S/C28H27NO5/c1-2-18-28(20-33-19-21-12-6-3-7-13-21)26(30)34-25(23-16-10-5-11-17-23)24(29(28)27(31)32)22-14-8-4-9-15-22/h2-17,24-25H,1,18-20H2,(H,31,32)/t24-,25+,28-/m0/s1. The van der Waals surface area contributed by atoms with Crippen LogP contribution >= 0.6 is 0 Å². The van der Waals surface area contributed by atoms with Crippen LogP contribution in [-0.4, -0.2) is 34.2 Å². The molecule has 0 bridgehead atoms. The second-order valence-corrected chi connectivity index (χ2v) is 8.25. The van der Waals surface area contributed by atoms with E-state index >= 15 is 0 Å². The van der Waals surface area contributed by atoms with Crippen LogP contribution in [0.15, 0.2) is 104 Å². The minimum absolute atomic E-state index is 0.0533. The maximum Gasteiger partial charge on any atom is 0.409 e. The Labute approximate surface area is 199 Å². The van der Waals surface area contributed by atoms with Crippen LogP contribution < -0.4 is 0 Å². The number of cyclic esters (lactones) is 1. The molecule has 6 nitrogen and oxygen atoms in total. The smallest absolute Gasteiger partial charge is 0.409 e. The number of ether oxygens (including phenoxy) is 2. The zero-order valence-electron chi connectivity index (χ0n) is 18.7. The van der Waals surface area contributed by atoms with Crippen molar-refractivity contribution < 1.29 is 24.2 Å². The molecule has 1 amide bonds. The van der Waals surface area contributed by atoms with Gasteiger partial charge in [-0.3, -0.25) is 4.90 Å². The molecule has 6 heteroatoms. The van der Waals surface area contributed by atoms with Gasteiger partial charge in [0.25, 0.3) is 0 Å². The van der Waals surface area contributed by atoms with Gasteiger partial charge in [-0.15, -0.1) is 6.58 Å².